The Hall–Kier alpha value is -3.36. The summed E-state index contributed by atoms with van der Waals surface area (Å²) in [6, 6.07) is 16.4. The predicted octanol–water partition coefficient (Wildman–Crippen LogP) is 4.28. The molecule has 0 spiro atoms. The molecule has 8 nitrogen and oxygen atoms in total. The van der Waals surface area contributed by atoms with Crippen molar-refractivity contribution in [1.82, 2.24) is 30.1 Å². The van der Waals surface area contributed by atoms with Crippen LogP contribution in [0.5, 0.6) is 0 Å². The van der Waals surface area contributed by atoms with Crippen LogP contribution in [0.15, 0.2) is 57.6 Å². The average molecular weight is 445 g/mol. The molecule has 1 aliphatic heterocycles. The Morgan fingerprint density at radius 2 is 1.30 bits per heavy atom. The molecule has 8 heteroatoms. The minimum atomic E-state index is 0.0652. The second-order valence-corrected chi connectivity index (χ2v) is 8.69. The Bertz CT molecular complexity index is 1190. The topological polar surface area (TPSA) is 84.3 Å². The first-order valence-electron chi connectivity index (χ1n) is 11.3. The van der Waals surface area contributed by atoms with Crippen molar-refractivity contribution >= 4 is 0 Å². The Balaban J connectivity index is 1.16. The van der Waals surface area contributed by atoms with Gasteiger partial charge in [-0.15, -0.1) is 0 Å². The lowest BCUT2D eigenvalue weighted by molar-refractivity contribution is 0.0785. The van der Waals surface area contributed by atoms with Gasteiger partial charge in [0, 0.05) is 37.3 Å². The molecule has 0 bridgehead atoms. The fourth-order valence-electron chi connectivity index (χ4n) is 4.02. The largest absolute Gasteiger partial charge is 0.338 e. The van der Waals surface area contributed by atoms with Gasteiger partial charge in [0.2, 0.25) is 23.4 Å². The van der Waals surface area contributed by atoms with Crippen LogP contribution < -0.4 is 0 Å². The molecule has 0 aliphatic carbocycles. The summed E-state index contributed by atoms with van der Waals surface area (Å²) in [5.74, 6) is 2.57. The maximum absolute atomic E-state index is 5.59. The summed E-state index contributed by atoms with van der Waals surface area (Å²) in [5, 5.41) is 8.33. The third-order valence-electron chi connectivity index (χ3n) is 6.20. The molecule has 1 aliphatic rings. The summed E-state index contributed by atoms with van der Waals surface area (Å²) >= 11 is 0. The van der Waals surface area contributed by atoms with E-state index in [1.54, 1.807) is 0 Å². The molecule has 0 amide bonds. The van der Waals surface area contributed by atoms with Gasteiger partial charge in [0.05, 0.1) is 12.6 Å². The van der Waals surface area contributed by atoms with Crippen molar-refractivity contribution in [2.75, 3.05) is 26.2 Å². The van der Waals surface area contributed by atoms with Gasteiger partial charge >= 0.3 is 0 Å². The zero-order chi connectivity index (χ0) is 22.8. The monoisotopic (exact) mass is 444 g/mol. The Morgan fingerprint density at radius 3 is 1.91 bits per heavy atom. The van der Waals surface area contributed by atoms with E-state index < -0.39 is 0 Å². The standard InChI is InChI=1S/C25H28N6O2/c1-17-4-8-20(9-5-17)23-26-22(32-28-23)16-30-12-14-31(15-13-30)19(3)25-27-24(29-33-25)21-10-6-18(2)7-11-21/h4-11,19H,12-16H2,1-3H3/t19-/m0/s1. The van der Waals surface area contributed by atoms with E-state index >= 15 is 0 Å². The fraction of sp³-hybridized carbons (Fsp3) is 0.360. The molecule has 0 unspecified atom stereocenters. The van der Waals surface area contributed by atoms with E-state index in [9.17, 15) is 0 Å². The minimum absolute atomic E-state index is 0.0652. The number of benzene rings is 2. The van der Waals surface area contributed by atoms with Gasteiger partial charge in [0.15, 0.2) is 0 Å². The lowest BCUT2D eigenvalue weighted by atomic mass is 10.1. The van der Waals surface area contributed by atoms with Crippen molar-refractivity contribution < 1.29 is 9.05 Å². The second kappa shape index (κ2) is 9.25. The normalized spacial score (nSPS) is 16.2. The van der Waals surface area contributed by atoms with Crippen LogP contribution >= 0.6 is 0 Å². The van der Waals surface area contributed by atoms with Crippen LogP contribution in [0.25, 0.3) is 22.8 Å². The molecule has 3 heterocycles. The van der Waals surface area contributed by atoms with Gasteiger partial charge in [0.1, 0.15) is 0 Å². The molecule has 0 N–H and O–H groups in total. The molecular formula is C25H28N6O2. The highest BCUT2D eigenvalue weighted by Gasteiger charge is 2.27. The molecular weight excluding hydrogens is 416 g/mol. The van der Waals surface area contributed by atoms with Crippen molar-refractivity contribution in [3.05, 3.63) is 71.4 Å². The highest BCUT2D eigenvalue weighted by Crippen LogP contribution is 2.24. The van der Waals surface area contributed by atoms with Gasteiger partial charge in [-0.05, 0) is 20.8 Å². The number of nitrogens with zero attached hydrogens (tertiary/aromatic N) is 6. The molecule has 170 valence electrons. The summed E-state index contributed by atoms with van der Waals surface area (Å²) < 4.78 is 11.1. The lowest BCUT2D eigenvalue weighted by Crippen LogP contribution is -2.46. The molecule has 33 heavy (non-hydrogen) atoms. The molecule has 2 aromatic heterocycles. The average Bonchev–Trinajstić information content (AvgIpc) is 3.51. The van der Waals surface area contributed by atoms with E-state index in [2.05, 4.69) is 75.1 Å². The number of hydrogen-bond acceptors (Lipinski definition) is 8. The molecule has 0 radical (unpaired) electrons. The van der Waals surface area contributed by atoms with Crippen LogP contribution in [0.3, 0.4) is 0 Å². The molecule has 4 aromatic rings. The second-order valence-electron chi connectivity index (χ2n) is 8.69. The maximum atomic E-state index is 5.59. The molecule has 1 fully saturated rings. The number of hydrogen-bond donors (Lipinski definition) is 0. The van der Waals surface area contributed by atoms with E-state index in [4.69, 9.17) is 9.05 Å². The summed E-state index contributed by atoms with van der Waals surface area (Å²) in [6.45, 7) is 10.5. The van der Waals surface area contributed by atoms with Crippen LogP contribution in [-0.4, -0.2) is 56.3 Å². The van der Waals surface area contributed by atoms with Crippen LogP contribution in [-0.2, 0) is 6.54 Å². The number of aromatic nitrogens is 4. The summed E-state index contributed by atoms with van der Waals surface area (Å²) in [7, 11) is 0. The smallest absolute Gasteiger partial charge is 0.244 e. The highest BCUT2D eigenvalue weighted by atomic mass is 16.5. The van der Waals surface area contributed by atoms with Crippen LogP contribution in [0.1, 0.15) is 35.9 Å². The van der Waals surface area contributed by atoms with Crippen molar-refractivity contribution in [3.63, 3.8) is 0 Å². The summed E-state index contributed by atoms with van der Waals surface area (Å²) in [6.07, 6.45) is 0. The van der Waals surface area contributed by atoms with Gasteiger partial charge < -0.3 is 9.05 Å². The molecule has 1 atom stereocenters. The SMILES string of the molecule is Cc1ccc(-c2noc(CN3CCN([C@@H](C)c4nc(-c5ccc(C)cc5)no4)CC3)n2)cc1. The number of piperazine rings is 1. The first-order valence-corrected chi connectivity index (χ1v) is 11.3. The van der Waals surface area contributed by atoms with Gasteiger partial charge in [-0.2, -0.15) is 9.97 Å². The van der Waals surface area contributed by atoms with Gasteiger partial charge in [-0.1, -0.05) is 70.0 Å². The molecule has 0 saturated carbocycles. The fourth-order valence-corrected chi connectivity index (χ4v) is 4.02. The minimum Gasteiger partial charge on any atom is -0.338 e. The predicted molar refractivity (Wildman–Crippen MR) is 124 cm³/mol. The summed E-state index contributed by atoms with van der Waals surface area (Å²) in [4.78, 5) is 13.9. The number of rotatable bonds is 6. The van der Waals surface area contributed by atoms with E-state index in [1.807, 2.05) is 24.3 Å². The Morgan fingerprint density at radius 1 is 0.758 bits per heavy atom. The third kappa shape index (κ3) is 4.86. The Labute approximate surface area is 193 Å². The zero-order valence-electron chi connectivity index (χ0n) is 19.2. The van der Waals surface area contributed by atoms with E-state index in [1.165, 1.54) is 11.1 Å². The highest BCUT2D eigenvalue weighted by molar-refractivity contribution is 5.55. The third-order valence-corrected chi connectivity index (χ3v) is 6.20. The van der Waals surface area contributed by atoms with Crippen molar-refractivity contribution in [2.45, 2.75) is 33.4 Å². The first kappa shape index (κ1) is 21.5. The quantitative estimate of drug-likeness (QED) is 0.436. The van der Waals surface area contributed by atoms with Crippen LogP contribution in [0, 0.1) is 13.8 Å². The van der Waals surface area contributed by atoms with Crippen molar-refractivity contribution in [3.8, 4) is 22.8 Å². The first-order chi connectivity index (χ1) is 16.0. The number of aryl methyl sites for hydroxylation is 2. The van der Waals surface area contributed by atoms with Gasteiger partial charge in [-0.25, -0.2) is 0 Å². The summed E-state index contributed by atoms with van der Waals surface area (Å²) in [5.41, 5.74) is 4.36. The molecule has 5 rings (SSSR count). The van der Waals surface area contributed by atoms with Crippen LogP contribution in [0.4, 0.5) is 0 Å². The van der Waals surface area contributed by atoms with Gasteiger partial charge in [0.25, 0.3) is 0 Å². The van der Waals surface area contributed by atoms with Crippen LogP contribution in [0.2, 0.25) is 0 Å². The van der Waals surface area contributed by atoms with E-state index in [0.29, 0.717) is 30.0 Å². The zero-order valence-corrected chi connectivity index (χ0v) is 19.2. The maximum Gasteiger partial charge on any atom is 0.244 e. The molecule has 1 saturated heterocycles. The molecule has 2 aromatic carbocycles. The Kier molecular flexibility index (Phi) is 6.02. The van der Waals surface area contributed by atoms with E-state index in [0.717, 1.165) is 37.3 Å². The van der Waals surface area contributed by atoms with Gasteiger partial charge in [-0.3, -0.25) is 9.80 Å². The lowest BCUT2D eigenvalue weighted by Gasteiger charge is -2.36. The van der Waals surface area contributed by atoms with Crippen molar-refractivity contribution in [2.24, 2.45) is 0 Å². The van der Waals surface area contributed by atoms with Crippen molar-refractivity contribution in [1.29, 1.82) is 0 Å². The van der Waals surface area contributed by atoms with E-state index in [-0.39, 0.29) is 6.04 Å².